The Balaban J connectivity index is 0.00000338. The molecular formula is C19H30ClIN4O. The van der Waals surface area contributed by atoms with E-state index in [0.29, 0.717) is 12.0 Å². The van der Waals surface area contributed by atoms with E-state index in [0.717, 1.165) is 36.4 Å². The minimum absolute atomic E-state index is 0. The molecule has 0 aliphatic heterocycles. The third-order valence-electron chi connectivity index (χ3n) is 4.46. The summed E-state index contributed by atoms with van der Waals surface area (Å²) < 4.78 is 0. The van der Waals surface area contributed by atoms with Crippen molar-refractivity contribution < 1.29 is 4.79 Å². The van der Waals surface area contributed by atoms with Crippen LogP contribution in [-0.4, -0.2) is 50.0 Å². The van der Waals surface area contributed by atoms with Crippen LogP contribution in [0.2, 0.25) is 5.02 Å². The number of hydrogen-bond donors (Lipinski definition) is 2. The van der Waals surface area contributed by atoms with Crippen LogP contribution in [0.15, 0.2) is 29.3 Å². The van der Waals surface area contributed by atoms with Crippen molar-refractivity contribution in [2.24, 2.45) is 4.99 Å². The highest BCUT2D eigenvalue weighted by atomic mass is 127. The molecule has 1 amide bonds. The number of benzene rings is 1. The first kappa shape index (κ1) is 23.0. The van der Waals surface area contributed by atoms with Crippen molar-refractivity contribution >= 4 is 47.4 Å². The molecule has 0 saturated heterocycles. The molecule has 26 heavy (non-hydrogen) atoms. The second-order valence-electron chi connectivity index (χ2n) is 6.70. The zero-order chi connectivity index (χ0) is 18.1. The van der Waals surface area contributed by atoms with E-state index >= 15 is 0 Å². The average molecular weight is 493 g/mol. The Morgan fingerprint density at radius 2 is 1.92 bits per heavy atom. The summed E-state index contributed by atoms with van der Waals surface area (Å²) in [5.74, 6) is 0.713. The van der Waals surface area contributed by atoms with Crippen LogP contribution >= 0.6 is 35.6 Å². The van der Waals surface area contributed by atoms with Crippen LogP contribution in [0.1, 0.15) is 37.7 Å². The Morgan fingerprint density at radius 1 is 1.23 bits per heavy atom. The highest BCUT2D eigenvalue weighted by molar-refractivity contribution is 14.0. The van der Waals surface area contributed by atoms with Gasteiger partial charge in [0.1, 0.15) is 6.54 Å². The van der Waals surface area contributed by atoms with Crippen LogP contribution in [0, 0.1) is 0 Å². The maximum absolute atomic E-state index is 11.8. The maximum atomic E-state index is 11.8. The predicted molar refractivity (Wildman–Crippen MR) is 120 cm³/mol. The molecule has 0 aromatic heterocycles. The summed E-state index contributed by atoms with van der Waals surface area (Å²) in [6, 6.07) is 8.30. The standard InChI is InChI=1S/C19H29ClN4O.HI/c1-24(2)18(25)14-22-19(23-16-9-4-3-5-10-16)21-13-12-15-8-6-7-11-17(15)20;/h6-8,11,16H,3-5,9-10,12-14H2,1-2H3,(H2,21,22,23);1H. The van der Waals surface area contributed by atoms with Crippen molar-refractivity contribution in [1.29, 1.82) is 0 Å². The number of guanidine groups is 1. The van der Waals surface area contributed by atoms with Crippen molar-refractivity contribution in [3.8, 4) is 0 Å². The molecule has 1 fully saturated rings. The largest absolute Gasteiger partial charge is 0.356 e. The Kier molecular flexibility index (Phi) is 11.0. The lowest BCUT2D eigenvalue weighted by atomic mass is 9.96. The molecule has 1 aliphatic carbocycles. The number of aliphatic imine (C=N–C) groups is 1. The van der Waals surface area contributed by atoms with Gasteiger partial charge in [0.25, 0.3) is 0 Å². The first-order valence-electron chi connectivity index (χ1n) is 9.04. The van der Waals surface area contributed by atoms with Gasteiger partial charge in [-0.1, -0.05) is 49.1 Å². The summed E-state index contributed by atoms with van der Waals surface area (Å²) >= 11 is 6.21. The number of amides is 1. The van der Waals surface area contributed by atoms with E-state index in [1.807, 2.05) is 24.3 Å². The third-order valence-corrected chi connectivity index (χ3v) is 4.83. The van der Waals surface area contributed by atoms with Crippen LogP contribution in [-0.2, 0) is 11.2 Å². The highest BCUT2D eigenvalue weighted by Crippen LogP contribution is 2.17. The number of hydrogen-bond acceptors (Lipinski definition) is 2. The quantitative estimate of drug-likeness (QED) is 0.363. The number of likely N-dealkylation sites (N-methyl/N-ethyl adjacent to an activating group) is 1. The summed E-state index contributed by atoms with van der Waals surface area (Å²) in [6.07, 6.45) is 6.94. The van der Waals surface area contributed by atoms with Crippen molar-refractivity contribution in [2.45, 2.75) is 44.6 Å². The molecule has 1 aromatic rings. The normalized spacial score (nSPS) is 15.1. The van der Waals surface area contributed by atoms with Crippen LogP contribution in [0.5, 0.6) is 0 Å². The smallest absolute Gasteiger partial charge is 0.243 e. The van der Waals surface area contributed by atoms with Gasteiger partial charge in [0.05, 0.1) is 0 Å². The predicted octanol–water partition coefficient (Wildman–Crippen LogP) is 3.46. The van der Waals surface area contributed by atoms with E-state index < -0.39 is 0 Å². The molecule has 2 rings (SSSR count). The summed E-state index contributed by atoms with van der Waals surface area (Å²) in [7, 11) is 3.49. The van der Waals surface area contributed by atoms with Gasteiger partial charge in [0.2, 0.25) is 5.91 Å². The van der Waals surface area contributed by atoms with Crippen molar-refractivity contribution in [3.05, 3.63) is 34.9 Å². The molecule has 0 atom stereocenters. The van der Waals surface area contributed by atoms with Crippen LogP contribution in [0.4, 0.5) is 0 Å². The van der Waals surface area contributed by atoms with Crippen LogP contribution in [0.25, 0.3) is 0 Å². The van der Waals surface area contributed by atoms with Crippen molar-refractivity contribution in [3.63, 3.8) is 0 Å². The molecule has 7 heteroatoms. The molecule has 2 N–H and O–H groups in total. The van der Waals surface area contributed by atoms with E-state index in [4.69, 9.17) is 11.6 Å². The molecule has 0 unspecified atom stereocenters. The van der Waals surface area contributed by atoms with Gasteiger partial charge in [-0.15, -0.1) is 24.0 Å². The number of carbonyl (C=O) groups excluding carboxylic acids is 1. The van der Waals surface area contributed by atoms with Crippen molar-refractivity contribution in [2.75, 3.05) is 27.2 Å². The first-order chi connectivity index (χ1) is 12.1. The minimum Gasteiger partial charge on any atom is -0.356 e. The Hall–Kier alpha value is -1.02. The Morgan fingerprint density at radius 3 is 2.58 bits per heavy atom. The van der Waals surface area contributed by atoms with Gasteiger partial charge in [-0.25, -0.2) is 4.99 Å². The number of rotatable bonds is 6. The second kappa shape index (κ2) is 12.4. The summed E-state index contributed by atoms with van der Waals surface area (Å²) in [6.45, 7) is 0.875. The summed E-state index contributed by atoms with van der Waals surface area (Å²) in [5.41, 5.74) is 1.11. The van der Waals surface area contributed by atoms with E-state index in [-0.39, 0.29) is 36.4 Å². The van der Waals surface area contributed by atoms with Gasteiger partial charge in [-0.2, -0.15) is 0 Å². The van der Waals surface area contributed by atoms with Crippen LogP contribution < -0.4 is 10.6 Å². The van der Waals surface area contributed by atoms with Gasteiger partial charge in [0.15, 0.2) is 5.96 Å². The Bertz CT molecular complexity index is 589. The maximum Gasteiger partial charge on any atom is 0.243 e. The SMILES string of the molecule is CN(C)C(=O)CN=C(NCCc1ccccc1Cl)NC1CCCCC1.I. The molecule has 0 bridgehead atoms. The second-order valence-corrected chi connectivity index (χ2v) is 7.11. The summed E-state index contributed by atoms with van der Waals surface area (Å²) in [4.78, 5) is 17.8. The number of carbonyl (C=O) groups is 1. The minimum atomic E-state index is -0.00384. The van der Waals surface area contributed by atoms with Gasteiger partial charge in [0, 0.05) is 31.7 Å². The molecule has 0 spiro atoms. The summed E-state index contributed by atoms with van der Waals surface area (Å²) in [5, 5.41) is 7.62. The Labute approximate surface area is 179 Å². The van der Waals surface area contributed by atoms with Crippen molar-refractivity contribution in [1.82, 2.24) is 15.5 Å². The topological polar surface area (TPSA) is 56.7 Å². The fourth-order valence-corrected chi connectivity index (χ4v) is 3.13. The molecule has 0 radical (unpaired) electrons. The van der Waals surface area contributed by atoms with E-state index in [1.54, 1.807) is 19.0 Å². The molecule has 1 aromatic carbocycles. The molecule has 146 valence electrons. The van der Waals surface area contributed by atoms with Gasteiger partial charge < -0.3 is 15.5 Å². The fraction of sp³-hybridized carbons (Fsp3) is 0.579. The lowest BCUT2D eigenvalue weighted by Crippen LogP contribution is -2.45. The van der Waals surface area contributed by atoms with Gasteiger partial charge >= 0.3 is 0 Å². The van der Waals surface area contributed by atoms with E-state index in [2.05, 4.69) is 15.6 Å². The molecular weight excluding hydrogens is 463 g/mol. The monoisotopic (exact) mass is 492 g/mol. The third kappa shape index (κ3) is 8.12. The van der Waals surface area contributed by atoms with Gasteiger partial charge in [-0.05, 0) is 30.9 Å². The van der Waals surface area contributed by atoms with E-state index in [1.165, 1.54) is 19.3 Å². The lowest BCUT2D eigenvalue weighted by Gasteiger charge is -2.25. The highest BCUT2D eigenvalue weighted by Gasteiger charge is 2.15. The lowest BCUT2D eigenvalue weighted by molar-refractivity contribution is -0.127. The zero-order valence-electron chi connectivity index (χ0n) is 15.6. The molecule has 5 nitrogen and oxygen atoms in total. The number of nitrogens with zero attached hydrogens (tertiary/aromatic N) is 2. The van der Waals surface area contributed by atoms with Crippen LogP contribution in [0.3, 0.4) is 0 Å². The zero-order valence-corrected chi connectivity index (χ0v) is 18.7. The number of halogens is 2. The molecule has 1 aliphatic rings. The van der Waals surface area contributed by atoms with Gasteiger partial charge in [-0.3, -0.25) is 4.79 Å². The number of nitrogens with one attached hydrogen (secondary N) is 2. The fourth-order valence-electron chi connectivity index (χ4n) is 2.90. The molecule has 1 saturated carbocycles. The molecule has 0 heterocycles. The van der Waals surface area contributed by atoms with E-state index in [9.17, 15) is 4.79 Å². The first-order valence-corrected chi connectivity index (χ1v) is 9.42. The average Bonchev–Trinajstić information content (AvgIpc) is 2.61.